The van der Waals surface area contributed by atoms with E-state index in [-0.39, 0.29) is 24.0 Å². The molecule has 0 radical (unpaired) electrons. The first kappa shape index (κ1) is 17.3. The molecular formula is C16H18N2O6. The summed E-state index contributed by atoms with van der Waals surface area (Å²) in [6.45, 7) is 1.86. The normalized spacial score (nSPS) is 10.3. The molecule has 1 aromatic heterocycles. The Bertz CT molecular complexity index is 740. The highest BCUT2D eigenvalue weighted by atomic mass is 16.6. The molecular weight excluding hydrogens is 316 g/mol. The first-order valence-electron chi connectivity index (χ1n) is 7.15. The van der Waals surface area contributed by atoms with Crippen molar-refractivity contribution < 1.29 is 23.6 Å². The fourth-order valence-electron chi connectivity index (χ4n) is 2.03. The van der Waals surface area contributed by atoms with Gasteiger partial charge in [-0.25, -0.2) is 0 Å². The Labute approximate surface area is 138 Å². The third-order valence-electron chi connectivity index (χ3n) is 3.32. The molecule has 0 saturated heterocycles. The second-order valence-electron chi connectivity index (χ2n) is 5.14. The van der Waals surface area contributed by atoms with Gasteiger partial charge in [-0.1, -0.05) is 0 Å². The molecule has 0 unspecified atom stereocenters. The number of aryl methyl sites for hydroxylation is 1. The average molecular weight is 334 g/mol. The van der Waals surface area contributed by atoms with Crippen LogP contribution < -0.4 is 9.47 Å². The lowest BCUT2D eigenvalue weighted by Gasteiger charge is -2.17. The fourth-order valence-corrected chi connectivity index (χ4v) is 2.03. The van der Waals surface area contributed by atoms with Gasteiger partial charge in [-0.05, 0) is 25.1 Å². The van der Waals surface area contributed by atoms with Crippen LogP contribution in [0.3, 0.4) is 0 Å². The van der Waals surface area contributed by atoms with Gasteiger partial charge >= 0.3 is 0 Å². The zero-order chi connectivity index (χ0) is 17.7. The number of nitrogens with zero attached hydrogens (tertiary/aromatic N) is 2. The number of carbonyl (C=O) groups is 1. The largest absolute Gasteiger partial charge is 0.493 e. The van der Waals surface area contributed by atoms with Crippen LogP contribution in [0.15, 0.2) is 34.7 Å². The number of methoxy groups -OCH3 is 1. The number of rotatable bonds is 7. The molecule has 2 rings (SSSR count). The van der Waals surface area contributed by atoms with Crippen molar-refractivity contribution in [2.45, 2.75) is 13.5 Å². The Hall–Kier alpha value is -3.03. The van der Waals surface area contributed by atoms with E-state index in [1.54, 1.807) is 13.1 Å². The van der Waals surface area contributed by atoms with Gasteiger partial charge in [-0.3, -0.25) is 14.9 Å². The maximum Gasteiger partial charge on any atom is 0.273 e. The van der Waals surface area contributed by atoms with Crippen LogP contribution >= 0.6 is 0 Å². The molecule has 128 valence electrons. The number of hydrogen-bond donors (Lipinski definition) is 0. The van der Waals surface area contributed by atoms with Crippen LogP contribution in [0.5, 0.6) is 11.5 Å². The summed E-state index contributed by atoms with van der Waals surface area (Å²) in [7, 11) is 3.04. The highest BCUT2D eigenvalue weighted by Crippen LogP contribution is 2.31. The number of nitro benzene ring substituents is 1. The van der Waals surface area contributed by atoms with Gasteiger partial charge in [-0.15, -0.1) is 0 Å². The van der Waals surface area contributed by atoms with Gasteiger partial charge in [0, 0.05) is 13.1 Å². The van der Waals surface area contributed by atoms with E-state index in [1.165, 1.54) is 30.2 Å². The third kappa shape index (κ3) is 4.25. The van der Waals surface area contributed by atoms with Crippen LogP contribution in [0.4, 0.5) is 5.69 Å². The van der Waals surface area contributed by atoms with Crippen LogP contribution in [0, 0.1) is 17.0 Å². The Morgan fingerprint density at radius 2 is 2.04 bits per heavy atom. The number of hydrogen-bond acceptors (Lipinski definition) is 6. The van der Waals surface area contributed by atoms with Crippen LogP contribution in [-0.2, 0) is 11.3 Å². The Morgan fingerprint density at radius 3 is 2.62 bits per heavy atom. The molecule has 1 aromatic carbocycles. The van der Waals surface area contributed by atoms with Crippen molar-refractivity contribution in [3.63, 3.8) is 0 Å². The van der Waals surface area contributed by atoms with E-state index in [2.05, 4.69) is 0 Å². The van der Waals surface area contributed by atoms with Crippen LogP contribution in [0.1, 0.15) is 11.5 Å². The topological polar surface area (TPSA) is 95.1 Å². The number of furan rings is 1. The average Bonchev–Trinajstić information content (AvgIpc) is 2.96. The second kappa shape index (κ2) is 7.49. The molecule has 0 aliphatic rings. The minimum absolute atomic E-state index is 0.141. The molecule has 0 bridgehead atoms. The first-order chi connectivity index (χ1) is 11.4. The fraction of sp³-hybridized carbons (Fsp3) is 0.312. The number of non-ortho nitro benzene ring substituents is 1. The molecule has 8 nitrogen and oxygen atoms in total. The van der Waals surface area contributed by atoms with Gasteiger partial charge in [0.05, 0.1) is 24.6 Å². The molecule has 2 aromatic rings. The molecule has 0 atom stereocenters. The van der Waals surface area contributed by atoms with Crippen molar-refractivity contribution in [2.24, 2.45) is 0 Å². The van der Waals surface area contributed by atoms with E-state index in [0.29, 0.717) is 18.1 Å². The van der Waals surface area contributed by atoms with E-state index in [1.807, 2.05) is 13.0 Å². The summed E-state index contributed by atoms with van der Waals surface area (Å²) in [5.41, 5.74) is -0.141. The number of likely N-dealkylation sites (N-methyl/N-ethyl adjacent to an activating group) is 1. The second-order valence-corrected chi connectivity index (χ2v) is 5.14. The Balaban J connectivity index is 2.00. The van der Waals surface area contributed by atoms with E-state index in [0.717, 1.165) is 5.76 Å². The molecule has 0 saturated carbocycles. The number of ether oxygens (including phenoxy) is 2. The van der Waals surface area contributed by atoms with Gasteiger partial charge in [0.1, 0.15) is 11.5 Å². The quantitative estimate of drug-likeness (QED) is 0.570. The minimum atomic E-state index is -0.542. The van der Waals surface area contributed by atoms with Crippen molar-refractivity contribution in [3.05, 3.63) is 52.0 Å². The number of carbonyl (C=O) groups excluding carboxylic acids is 1. The smallest absolute Gasteiger partial charge is 0.273 e. The number of nitro groups is 1. The lowest BCUT2D eigenvalue weighted by molar-refractivity contribution is -0.385. The van der Waals surface area contributed by atoms with Crippen LogP contribution in [0.25, 0.3) is 0 Å². The van der Waals surface area contributed by atoms with E-state index in [4.69, 9.17) is 13.9 Å². The summed E-state index contributed by atoms with van der Waals surface area (Å²) in [6, 6.07) is 7.57. The van der Waals surface area contributed by atoms with Crippen molar-refractivity contribution in [3.8, 4) is 11.5 Å². The van der Waals surface area contributed by atoms with Crippen LogP contribution in [0.2, 0.25) is 0 Å². The SMILES string of the molecule is COc1ccc([N+](=O)[O-])cc1OCC(=O)N(C)Cc1ccc(C)o1. The number of amides is 1. The van der Waals surface area contributed by atoms with E-state index >= 15 is 0 Å². The highest BCUT2D eigenvalue weighted by molar-refractivity contribution is 5.77. The summed E-state index contributed by atoms with van der Waals surface area (Å²) in [5.74, 6) is 1.59. The molecule has 1 heterocycles. The molecule has 8 heteroatoms. The van der Waals surface area contributed by atoms with E-state index < -0.39 is 4.92 Å². The van der Waals surface area contributed by atoms with Crippen LogP contribution in [-0.4, -0.2) is 36.5 Å². The first-order valence-corrected chi connectivity index (χ1v) is 7.15. The Kier molecular flexibility index (Phi) is 5.41. The summed E-state index contributed by atoms with van der Waals surface area (Å²) >= 11 is 0. The van der Waals surface area contributed by atoms with Crippen molar-refractivity contribution in [2.75, 3.05) is 20.8 Å². The highest BCUT2D eigenvalue weighted by Gasteiger charge is 2.16. The molecule has 0 aliphatic heterocycles. The summed E-state index contributed by atoms with van der Waals surface area (Å²) in [5, 5.41) is 10.8. The number of benzene rings is 1. The lowest BCUT2D eigenvalue weighted by Crippen LogP contribution is -2.30. The van der Waals surface area contributed by atoms with Gasteiger partial charge < -0.3 is 18.8 Å². The summed E-state index contributed by atoms with van der Waals surface area (Å²) in [4.78, 5) is 23.9. The molecule has 1 amide bonds. The molecule has 0 spiro atoms. The third-order valence-corrected chi connectivity index (χ3v) is 3.32. The zero-order valence-electron chi connectivity index (χ0n) is 13.6. The lowest BCUT2D eigenvalue weighted by atomic mass is 10.3. The van der Waals surface area contributed by atoms with Gasteiger partial charge in [0.2, 0.25) is 0 Å². The van der Waals surface area contributed by atoms with Gasteiger partial charge in [0.25, 0.3) is 11.6 Å². The maximum absolute atomic E-state index is 12.1. The van der Waals surface area contributed by atoms with Gasteiger partial charge in [0.15, 0.2) is 18.1 Å². The monoisotopic (exact) mass is 334 g/mol. The molecule has 0 fully saturated rings. The molecule has 0 aliphatic carbocycles. The van der Waals surface area contributed by atoms with E-state index in [9.17, 15) is 14.9 Å². The Morgan fingerprint density at radius 1 is 1.29 bits per heavy atom. The molecule has 24 heavy (non-hydrogen) atoms. The van der Waals surface area contributed by atoms with Gasteiger partial charge in [-0.2, -0.15) is 0 Å². The summed E-state index contributed by atoms with van der Waals surface area (Å²) < 4.78 is 15.9. The predicted octanol–water partition coefficient (Wildman–Crippen LogP) is 2.54. The van der Waals surface area contributed by atoms with Crippen molar-refractivity contribution >= 4 is 11.6 Å². The minimum Gasteiger partial charge on any atom is -0.493 e. The van der Waals surface area contributed by atoms with Crippen molar-refractivity contribution in [1.82, 2.24) is 4.90 Å². The standard InChI is InChI=1S/C16H18N2O6/c1-11-4-6-13(24-11)9-17(2)16(19)10-23-15-8-12(18(20)21)5-7-14(15)22-3/h4-8H,9-10H2,1-3H3. The molecule has 0 N–H and O–H groups in total. The predicted molar refractivity (Wildman–Crippen MR) is 85.1 cm³/mol. The summed E-state index contributed by atoms with van der Waals surface area (Å²) in [6.07, 6.45) is 0. The zero-order valence-corrected chi connectivity index (χ0v) is 13.6. The maximum atomic E-state index is 12.1. The van der Waals surface area contributed by atoms with Crippen molar-refractivity contribution in [1.29, 1.82) is 0 Å².